The first kappa shape index (κ1) is 21.4. The van der Waals surface area contributed by atoms with Crippen LogP contribution in [0.1, 0.15) is 37.2 Å². The Balaban J connectivity index is 0.000000431. The maximum absolute atomic E-state index is 5.56. The Hall–Kier alpha value is -2.31. The number of aromatic nitrogens is 3. The van der Waals surface area contributed by atoms with Crippen LogP contribution in [-0.2, 0) is 12.8 Å². The molecule has 154 valence electrons. The molecule has 0 amide bonds. The van der Waals surface area contributed by atoms with Gasteiger partial charge in [0.2, 0.25) is 5.88 Å². The van der Waals surface area contributed by atoms with Gasteiger partial charge in [0.15, 0.2) is 5.65 Å². The van der Waals surface area contributed by atoms with Crippen LogP contribution in [0, 0.1) is 6.92 Å². The van der Waals surface area contributed by atoms with E-state index in [0.29, 0.717) is 5.88 Å². The van der Waals surface area contributed by atoms with Gasteiger partial charge in [-0.25, -0.2) is 9.50 Å². The monoisotopic (exact) mass is 410 g/mol. The van der Waals surface area contributed by atoms with Gasteiger partial charge in [-0.05, 0) is 50.9 Å². The van der Waals surface area contributed by atoms with Crippen LogP contribution >= 0.6 is 11.8 Å². The van der Waals surface area contributed by atoms with Crippen molar-refractivity contribution in [1.82, 2.24) is 19.9 Å². The normalized spacial score (nSPS) is 13.7. The van der Waals surface area contributed by atoms with E-state index >= 15 is 0 Å². The minimum absolute atomic E-state index is 0.640. The lowest BCUT2D eigenvalue weighted by atomic mass is 10.1. The van der Waals surface area contributed by atoms with Crippen LogP contribution in [0.5, 0.6) is 5.88 Å². The predicted octanol–water partition coefficient (Wildman–Crippen LogP) is 4.86. The van der Waals surface area contributed by atoms with Crippen molar-refractivity contribution in [1.29, 1.82) is 0 Å². The number of aryl methyl sites for hydroxylation is 1. The highest BCUT2D eigenvalue weighted by Crippen LogP contribution is 2.38. The van der Waals surface area contributed by atoms with Crippen molar-refractivity contribution in [3.63, 3.8) is 0 Å². The second-order valence-electron chi connectivity index (χ2n) is 6.84. The molecule has 0 spiro atoms. The first-order valence-electron chi connectivity index (χ1n) is 10.2. The molecule has 0 radical (unpaired) electrons. The van der Waals surface area contributed by atoms with Gasteiger partial charge in [-0.1, -0.05) is 49.0 Å². The molecule has 5 nitrogen and oxygen atoms in total. The fourth-order valence-electron chi connectivity index (χ4n) is 3.42. The van der Waals surface area contributed by atoms with Gasteiger partial charge < -0.3 is 10.1 Å². The highest BCUT2D eigenvalue weighted by molar-refractivity contribution is 7.99. The zero-order valence-electron chi connectivity index (χ0n) is 17.7. The first-order chi connectivity index (χ1) is 14.2. The number of ether oxygens (including phenoxy) is 1. The Kier molecular flexibility index (Phi) is 7.72. The third-order valence-corrected chi connectivity index (χ3v) is 5.89. The molecule has 0 aliphatic carbocycles. The number of benzene rings is 1. The fourth-order valence-corrected chi connectivity index (χ4v) is 4.38. The molecule has 1 N–H and O–H groups in total. The van der Waals surface area contributed by atoms with Gasteiger partial charge in [0, 0.05) is 23.6 Å². The number of allylic oxidation sites excluding steroid dienone is 2. The zero-order chi connectivity index (χ0) is 20.6. The molecule has 0 saturated carbocycles. The summed E-state index contributed by atoms with van der Waals surface area (Å²) >= 11 is 1.65. The van der Waals surface area contributed by atoms with Gasteiger partial charge in [0.25, 0.3) is 0 Å². The van der Waals surface area contributed by atoms with E-state index in [-0.39, 0.29) is 0 Å². The molecule has 0 bridgehead atoms. The van der Waals surface area contributed by atoms with E-state index < -0.39 is 0 Å². The van der Waals surface area contributed by atoms with Gasteiger partial charge in [-0.2, -0.15) is 0 Å². The summed E-state index contributed by atoms with van der Waals surface area (Å²) in [4.78, 5) is 7.00. The Morgan fingerprint density at radius 1 is 1.21 bits per heavy atom. The average Bonchev–Trinajstić information content (AvgIpc) is 2.92. The highest BCUT2D eigenvalue weighted by atomic mass is 32.2. The second kappa shape index (κ2) is 10.5. The van der Waals surface area contributed by atoms with Crippen molar-refractivity contribution < 1.29 is 4.74 Å². The Morgan fingerprint density at radius 2 is 1.97 bits per heavy atom. The number of methoxy groups -OCH3 is 1. The summed E-state index contributed by atoms with van der Waals surface area (Å²) in [5.74, 6) is 0.640. The molecule has 1 aliphatic heterocycles. The van der Waals surface area contributed by atoms with Gasteiger partial charge in [-0.15, -0.1) is 5.10 Å². The third-order valence-electron chi connectivity index (χ3n) is 4.82. The van der Waals surface area contributed by atoms with Gasteiger partial charge in [-0.3, -0.25) is 0 Å². The lowest BCUT2D eigenvalue weighted by Gasteiger charge is -2.10. The summed E-state index contributed by atoms with van der Waals surface area (Å²) in [5, 5.41) is 8.16. The van der Waals surface area contributed by atoms with Gasteiger partial charge in [0.05, 0.1) is 12.8 Å². The Bertz CT molecular complexity index is 966. The zero-order valence-corrected chi connectivity index (χ0v) is 18.6. The quantitative estimate of drug-likeness (QED) is 0.623. The van der Waals surface area contributed by atoms with Crippen molar-refractivity contribution in [3.8, 4) is 5.88 Å². The average molecular weight is 411 g/mol. The molecule has 6 heteroatoms. The molecule has 0 atom stereocenters. The van der Waals surface area contributed by atoms with Crippen molar-refractivity contribution in [3.05, 3.63) is 59.4 Å². The number of nitrogens with one attached hydrogen (secondary N) is 1. The number of nitrogens with zero attached hydrogens (tertiary/aromatic N) is 3. The molecule has 0 saturated heterocycles. The van der Waals surface area contributed by atoms with Crippen LogP contribution in [0.4, 0.5) is 0 Å². The standard InChI is InChI=1S/C18H20N4OS.C5H10/c1-12-14-8-10-19-11-9-15(14)22-17(20-12)16(18(21-22)23-2)24-13-6-4-3-5-7-13;1-3-5-4-2/h3-7,19H,8-11H2,1-2H3;3,5H,4H2,1-2H3/b;5-3-. The van der Waals surface area contributed by atoms with E-state index in [9.17, 15) is 0 Å². The molecular weight excluding hydrogens is 380 g/mol. The molecule has 3 heterocycles. The van der Waals surface area contributed by atoms with E-state index in [1.165, 1.54) is 11.3 Å². The molecule has 3 aromatic rings. The van der Waals surface area contributed by atoms with E-state index in [1.54, 1.807) is 18.9 Å². The predicted molar refractivity (Wildman–Crippen MR) is 120 cm³/mol. The van der Waals surface area contributed by atoms with Crippen molar-refractivity contribution in [2.45, 2.75) is 49.8 Å². The van der Waals surface area contributed by atoms with E-state index in [0.717, 1.165) is 53.5 Å². The smallest absolute Gasteiger partial charge is 0.249 e. The summed E-state index contributed by atoms with van der Waals surface area (Å²) < 4.78 is 7.54. The fraction of sp³-hybridized carbons (Fsp3) is 0.391. The summed E-state index contributed by atoms with van der Waals surface area (Å²) in [6.45, 7) is 8.21. The first-order valence-corrected chi connectivity index (χ1v) is 11.0. The molecule has 0 unspecified atom stereocenters. The van der Waals surface area contributed by atoms with Crippen LogP contribution < -0.4 is 10.1 Å². The van der Waals surface area contributed by atoms with Crippen LogP contribution in [0.25, 0.3) is 5.65 Å². The van der Waals surface area contributed by atoms with Crippen LogP contribution in [-0.4, -0.2) is 34.8 Å². The largest absolute Gasteiger partial charge is 0.479 e. The van der Waals surface area contributed by atoms with Crippen molar-refractivity contribution in [2.75, 3.05) is 20.2 Å². The molecule has 2 aromatic heterocycles. The molecule has 0 fully saturated rings. The Morgan fingerprint density at radius 3 is 2.62 bits per heavy atom. The maximum Gasteiger partial charge on any atom is 0.249 e. The summed E-state index contributed by atoms with van der Waals surface area (Å²) in [6, 6.07) is 10.3. The van der Waals surface area contributed by atoms with Crippen LogP contribution in [0.15, 0.2) is 52.3 Å². The van der Waals surface area contributed by atoms with E-state index in [2.05, 4.69) is 43.4 Å². The summed E-state index contributed by atoms with van der Waals surface area (Å²) in [6.07, 6.45) is 7.29. The third kappa shape index (κ3) is 5.00. The van der Waals surface area contributed by atoms with Crippen LogP contribution in [0.2, 0.25) is 0 Å². The molecular formula is C23H30N4OS. The number of hydrogen-bond acceptors (Lipinski definition) is 5. The molecule has 1 aromatic carbocycles. The lowest BCUT2D eigenvalue weighted by molar-refractivity contribution is 0.386. The lowest BCUT2D eigenvalue weighted by Crippen LogP contribution is -2.16. The second-order valence-corrected chi connectivity index (χ2v) is 7.92. The summed E-state index contributed by atoms with van der Waals surface area (Å²) in [5.41, 5.74) is 4.55. The number of rotatable bonds is 4. The van der Waals surface area contributed by atoms with Crippen molar-refractivity contribution >= 4 is 17.4 Å². The summed E-state index contributed by atoms with van der Waals surface area (Å²) in [7, 11) is 1.67. The maximum atomic E-state index is 5.56. The van der Waals surface area contributed by atoms with E-state index in [1.807, 2.05) is 29.6 Å². The highest BCUT2D eigenvalue weighted by Gasteiger charge is 2.22. The topological polar surface area (TPSA) is 51.5 Å². The van der Waals surface area contributed by atoms with E-state index in [4.69, 9.17) is 14.8 Å². The minimum Gasteiger partial charge on any atom is -0.479 e. The molecule has 4 rings (SSSR count). The van der Waals surface area contributed by atoms with Gasteiger partial charge >= 0.3 is 0 Å². The molecule has 1 aliphatic rings. The Labute approximate surface area is 177 Å². The number of fused-ring (bicyclic) bond motifs is 3. The van der Waals surface area contributed by atoms with Crippen molar-refractivity contribution in [2.24, 2.45) is 0 Å². The minimum atomic E-state index is 0.640. The number of hydrogen-bond donors (Lipinski definition) is 1. The van der Waals surface area contributed by atoms with Gasteiger partial charge in [0.1, 0.15) is 4.90 Å². The van der Waals surface area contributed by atoms with Crippen LogP contribution in [0.3, 0.4) is 0 Å². The SMILES string of the molecule is C/C=C\CC.COc1nn2c3c(c(C)nc2c1Sc1ccccc1)CCNCC3. The molecule has 29 heavy (non-hydrogen) atoms.